The molecule has 3 rings (SSSR count). The number of methoxy groups -OCH3 is 1. The van der Waals surface area contributed by atoms with E-state index in [0.29, 0.717) is 22.1 Å². The second-order valence-corrected chi connectivity index (χ2v) is 7.01. The first-order valence-electron chi connectivity index (χ1n) is 8.09. The third-order valence-corrected chi connectivity index (χ3v) is 5.17. The van der Waals surface area contributed by atoms with E-state index in [4.69, 9.17) is 9.47 Å². The number of rotatable bonds is 3. The van der Waals surface area contributed by atoms with Crippen LogP contribution in [-0.4, -0.2) is 37.7 Å². The molecule has 1 aliphatic heterocycles. The number of benzene rings is 1. The first kappa shape index (κ1) is 18.7. The normalized spacial score (nSPS) is 15.0. The number of para-hydroxylation sites is 2. The van der Waals surface area contributed by atoms with Crippen molar-refractivity contribution < 1.29 is 28.6 Å². The van der Waals surface area contributed by atoms with Crippen LogP contribution < -0.4 is 20.1 Å². The van der Waals surface area contributed by atoms with E-state index in [1.165, 1.54) is 11.3 Å². The van der Waals surface area contributed by atoms with Gasteiger partial charge >= 0.3 is 6.09 Å². The highest BCUT2D eigenvalue weighted by Gasteiger charge is 2.30. The highest BCUT2D eigenvalue weighted by atomic mass is 32.1. The Bertz CT molecular complexity index is 907. The number of fused-ring (bicyclic) bond motifs is 1. The van der Waals surface area contributed by atoms with Gasteiger partial charge in [-0.1, -0.05) is 12.1 Å². The number of hydrogen-bond acceptors (Lipinski definition) is 7. The van der Waals surface area contributed by atoms with Crippen molar-refractivity contribution in [2.75, 3.05) is 19.0 Å². The van der Waals surface area contributed by atoms with Gasteiger partial charge in [-0.3, -0.25) is 14.9 Å². The van der Waals surface area contributed by atoms with Crippen molar-refractivity contribution >= 4 is 34.2 Å². The molecule has 1 aliphatic rings. The lowest BCUT2D eigenvalue weighted by Crippen LogP contribution is -2.40. The molecule has 142 valence electrons. The molecule has 2 aromatic rings. The highest BCUT2D eigenvalue weighted by molar-refractivity contribution is 7.16. The summed E-state index contributed by atoms with van der Waals surface area (Å²) >= 11 is 1.24. The van der Waals surface area contributed by atoms with Crippen molar-refractivity contribution in [1.29, 1.82) is 0 Å². The standard InChI is InChI=1S/C18H18N2O6S/c1-9-10(2)27-17(14(9)16(22)20-18(23)24-3)19-15(21)13-8-25-11-6-4-5-7-12(11)26-13/h4-7,13H,8H2,1-3H3,(H,19,21)(H,20,22,23)/t13-/m1/s1. The molecule has 1 aromatic carbocycles. The predicted molar refractivity (Wildman–Crippen MR) is 98.6 cm³/mol. The number of nitrogens with one attached hydrogen (secondary N) is 2. The quantitative estimate of drug-likeness (QED) is 0.835. The van der Waals surface area contributed by atoms with Crippen LogP contribution in [0.5, 0.6) is 11.5 Å². The van der Waals surface area contributed by atoms with Gasteiger partial charge in [0, 0.05) is 4.88 Å². The maximum atomic E-state index is 12.6. The summed E-state index contributed by atoms with van der Waals surface area (Å²) in [6, 6.07) is 7.06. The number of aryl methyl sites for hydroxylation is 1. The van der Waals surface area contributed by atoms with Crippen molar-refractivity contribution in [2.45, 2.75) is 20.0 Å². The molecule has 1 aromatic heterocycles. The first-order valence-corrected chi connectivity index (χ1v) is 8.91. The minimum absolute atomic E-state index is 0.0515. The van der Waals surface area contributed by atoms with E-state index in [2.05, 4.69) is 15.4 Å². The summed E-state index contributed by atoms with van der Waals surface area (Å²) in [4.78, 5) is 37.2. The molecule has 1 atom stereocenters. The summed E-state index contributed by atoms with van der Waals surface area (Å²) in [5.74, 6) is -0.0448. The van der Waals surface area contributed by atoms with Crippen LogP contribution in [0.3, 0.4) is 0 Å². The number of ether oxygens (including phenoxy) is 3. The van der Waals surface area contributed by atoms with Gasteiger partial charge < -0.3 is 19.5 Å². The van der Waals surface area contributed by atoms with Crippen LogP contribution in [-0.2, 0) is 9.53 Å². The zero-order valence-electron chi connectivity index (χ0n) is 15.0. The number of alkyl carbamates (subject to hydrolysis) is 1. The summed E-state index contributed by atoms with van der Waals surface area (Å²) < 4.78 is 15.7. The molecule has 0 saturated heterocycles. The maximum absolute atomic E-state index is 12.6. The molecule has 0 spiro atoms. The van der Waals surface area contributed by atoms with Crippen LogP contribution >= 0.6 is 11.3 Å². The Labute approximate surface area is 159 Å². The van der Waals surface area contributed by atoms with E-state index in [0.717, 1.165) is 12.0 Å². The molecule has 9 heteroatoms. The SMILES string of the molecule is COC(=O)NC(=O)c1c(NC(=O)[C@H]2COc3ccccc3O2)sc(C)c1C. The fourth-order valence-electron chi connectivity index (χ4n) is 2.54. The summed E-state index contributed by atoms with van der Waals surface area (Å²) in [6.45, 7) is 3.61. The number of hydrogen-bond donors (Lipinski definition) is 2. The topological polar surface area (TPSA) is 103 Å². The Balaban J connectivity index is 1.78. The predicted octanol–water partition coefficient (Wildman–Crippen LogP) is 2.64. The van der Waals surface area contributed by atoms with Gasteiger partial charge in [-0.15, -0.1) is 11.3 Å². The second kappa shape index (κ2) is 7.67. The Hall–Kier alpha value is -3.07. The Kier molecular flexibility index (Phi) is 5.31. The molecular formula is C18H18N2O6S. The second-order valence-electron chi connectivity index (χ2n) is 5.79. The van der Waals surface area contributed by atoms with Gasteiger partial charge in [0.25, 0.3) is 11.8 Å². The Morgan fingerprint density at radius 1 is 1.19 bits per heavy atom. The van der Waals surface area contributed by atoms with Crippen LogP contribution in [0.2, 0.25) is 0 Å². The van der Waals surface area contributed by atoms with Gasteiger partial charge in [0.1, 0.15) is 11.6 Å². The molecule has 0 fully saturated rings. The van der Waals surface area contributed by atoms with Crippen molar-refractivity contribution in [1.82, 2.24) is 5.32 Å². The summed E-state index contributed by atoms with van der Waals surface area (Å²) in [5.41, 5.74) is 0.885. The highest BCUT2D eigenvalue weighted by Crippen LogP contribution is 2.34. The van der Waals surface area contributed by atoms with Gasteiger partial charge in [0.15, 0.2) is 11.5 Å². The summed E-state index contributed by atoms with van der Waals surface area (Å²) in [7, 11) is 1.16. The molecule has 27 heavy (non-hydrogen) atoms. The lowest BCUT2D eigenvalue weighted by molar-refractivity contribution is -0.125. The zero-order chi connectivity index (χ0) is 19.6. The average molecular weight is 390 g/mol. The molecule has 0 radical (unpaired) electrons. The van der Waals surface area contributed by atoms with E-state index in [1.807, 2.05) is 13.0 Å². The number of thiophene rings is 1. The Morgan fingerprint density at radius 3 is 2.59 bits per heavy atom. The molecule has 2 N–H and O–H groups in total. The minimum atomic E-state index is -0.874. The van der Waals surface area contributed by atoms with E-state index in [9.17, 15) is 14.4 Å². The molecule has 0 saturated carbocycles. The number of amides is 3. The number of anilines is 1. The van der Waals surface area contributed by atoms with E-state index in [1.54, 1.807) is 25.1 Å². The molecule has 0 bridgehead atoms. The largest absolute Gasteiger partial charge is 0.485 e. The van der Waals surface area contributed by atoms with E-state index >= 15 is 0 Å². The number of carbonyl (C=O) groups excluding carboxylic acids is 3. The van der Waals surface area contributed by atoms with Crippen LogP contribution in [0.15, 0.2) is 24.3 Å². The third-order valence-electron chi connectivity index (χ3n) is 4.05. The van der Waals surface area contributed by atoms with Crippen molar-refractivity contribution in [3.05, 3.63) is 40.3 Å². The fraction of sp³-hybridized carbons (Fsp3) is 0.278. The molecule has 0 unspecified atom stereocenters. The van der Waals surface area contributed by atoms with Crippen molar-refractivity contribution in [2.24, 2.45) is 0 Å². The van der Waals surface area contributed by atoms with E-state index in [-0.39, 0.29) is 12.2 Å². The molecule has 2 heterocycles. The molecule has 0 aliphatic carbocycles. The van der Waals surface area contributed by atoms with Gasteiger partial charge in [-0.25, -0.2) is 4.79 Å². The van der Waals surface area contributed by atoms with Crippen LogP contribution in [0.1, 0.15) is 20.8 Å². The summed E-state index contributed by atoms with van der Waals surface area (Å²) in [5, 5.41) is 5.14. The smallest absolute Gasteiger partial charge is 0.413 e. The lowest BCUT2D eigenvalue weighted by atomic mass is 10.1. The zero-order valence-corrected chi connectivity index (χ0v) is 15.8. The van der Waals surface area contributed by atoms with Crippen molar-refractivity contribution in [3.8, 4) is 11.5 Å². The summed E-state index contributed by atoms with van der Waals surface area (Å²) in [6.07, 6.45) is -1.74. The fourth-order valence-corrected chi connectivity index (χ4v) is 3.60. The van der Waals surface area contributed by atoms with Gasteiger partial charge in [0.05, 0.1) is 12.7 Å². The van der Waals surface area contributed by atoms with Gasteiger partial charge in [-0.05, 0) is 31.5 Å². The molecule has 3 amide bonds. The molecule has 8 nitrogen and oxygen atoms in total. The minimum Gasteiger partial charge on any atom is -0.485 e. The molecular weight excluding hydrogens is 372 g/mol. The Morgan fingerprint density at radius 2 is 1.89 bits per heavy atom. The van der Waals surface area contributed by atoms with Crippen LogP contribution in [0, 0.1) is 13.8 Å². The third kappa shape index (κ3) is 3.87. The van der Waals surface area contributed by atoms with Gasteiger partial charge in [0.2, 0.25) is 6.10 Å². The average Bonchev–Trinajstić information content (AvgIpc) is 2.94. The first-order chi connectivity index (χ1) is 12.9. The number of carbonyl (C=O) groups is 3. The lowest BCUT2D eigenvalue weighted by Gasteiger charge is -2.25. The number of imide groups is 1. The van der Waals surface area contributed by atoms with Crippen LogP contribution in [0.25, 0.3) is 0 Å². The van der Waals surface area contributed by atoms with Gasteiger partial charge in [-0.2, -0.15) is 0 Å². The van der Waals surface area contributed by atoms with Crippen molar-refractivity contribution in [3.63, 3.8) is 0 Å². The monoisotopic (exact) mass is 390 g/mol. The van der Waals surface area contributed by atoms with Crippen LogP contribution in [0.4, 0.5) is 9.80 Å². The maximum Gasteiger partial charge on any atom is 0.413 e. The van der Waals surface area contributed by atoms with E-state index < -0.39 is 24.0 Å².